The second-order valence-electron chi connectivity index (χ2n) is 8.54. The average Bonchev–Trinajstić information content (AvgIpc) is 3.31. The molecule has 3 aliphatic heterocycles. The van der Waals surface area contributed by atoms with Gasteiger partial charge in [-0.25, -0.2) is 0 Å². The van der Waals surface area contributed by atoms with Crippen LogP contribution in [0.2, 0.25) is 5.02 Å². The van der Waals surface area contributed by atoms with Gasteiger partial charge in [-0.15, -0.1) is 0 Å². The largest absolute Gasteiger partial charge is 0.370 e. The van der Waals surface area contributed by atoms with Crippen molar-refractivity contribution in [3.8, 4) is 0 Å². The maximum Gasteiger partial charge on any atom is 0.250 e. The van der Waals surface area contributed by atoms with Crippen molar-refractivity contribution in [3.05, 3.63) is 64.2 Å². The number of likely N-dealkylation sites (tertiary alicyclic amines) is 1. The summed E-state index contributed by atoms with van der Waals surface area (Å²) in [5.74, 6) is -3.83. The highest BCUT2D eigenvalue weighted by Crippen LogP contribution is 2.54. The van der Waals surface area contributed by atoms with E-state index in [1.807, 2.05) is 13.0 Å². The van der Waals surface area contributed by atoms with E-state index in [1.54, 1.807) is 36.4 Å². The van der Waals surface area contributed by atoms with Crippen LogP contribution in [0, 0.1) is 18.8 Å². The molecule has 2 aromatic carbocycles. The number of primary amides is 1. The number of amides is 4. The first-order valence-electron chi connectivity index (χ1n) is 10.3. The first-order valence-corrected chi connectivity index (χ1v) is 10.7. The van der Waals surface area contributed by atoms with Gasteiger partial charge in [0, 0.05) is 28.7 Å². The lowest BCUT2D eigenvalue weighted by molar-refractivity contribution is -0.143. The molecule has 3 aliphatic rings. The number of fused-ring (bicyclic) bond motifs is 4. The first kappa shape index (κ1) is 20.7. The molecule has 2 aromatic rings. The average molecular weight is 453 g/mol. The zero-order valence-corrected chi connectivity index (χ0v) is 18.0. The van der Waals surface area contributed by atoms with Crippen LogP contribution < -0.4 is 16.4 Å². The molecule has 0 saturated carbocycles. The summed E-state index contributed by atoms with van der Waals surface area (Å²) in [6, 6.07) is 11.6. The number of carbonyl (C=O) groups is 4. The van der Waals surface area contributed by atoms with Crippen LogP contribution in [0.3, 0.4) is 0 Å². The van der Waals surface area contributed by atoms with Crippen molar-refractivity contribution in [2.24, 2.45) is 17.6 Å². The second-order valence-corrected chi connectivity index (χ2v) is 8.95. The van der Waals surface area contributed by atoms with Gasteiger partial charge in [0.25, 0.3) is 0 Å². The Labute approximate surface area is 189 Å². The van der Waals surface area contributed by atoms with Gasteiger partial charge in [-0.2, -0.15) is 0 Å². The number of nitrogens with two attached hydrogens (primary N) is 1. The van der Waals surface area contributed by atoms with E-state index in [0.29, 0.717) is 21.8 Å². The predicted octanol–water partition coefficient (Wildman–Crippen LogP) is 1.44. The topological polar surface area (TPSA) is 122 Å². The number of halogens is 1. The fraction of sp³-hybridized carbons (Fsp3) is 0.304. The number of nitrogens with one attached hydrogen (secondary N) is 2. The quantitative estimate of drug-likeness (QED) is 0.606. The maximum atomic E-state index is 13.7. The molecular weight excluding hydrogens is 432 g/mol. The Balaban J connectivity index is 1.62. The van der Waals surface area contributed by atoms with Crippen molar-refractivity contribution in [3.63, 3.8) is 0 Å². The van der Waals surface area contributed by atoms with Crippen molar-refractivity contribution in [2.75, 3.05) is 5.32 Å². The highest BCUT2D eigenvalue weighted by Gasteiger charge is 2.70. The van der Waals surface area contributed by atoms with Gasteiger partial charge in [0.1, 0.15) is 5.54 Å². The minimum Gasteiger partial charge on any atom is -0.370 e. The van der Waals surface area contributed by atoms with E-state index < -0.39 is 47.0 Å². The van der Waals surface area contributed by atoms with E-state index in [-0.39, 0.29) is 13.0 Å². The molecule has 9 heteroatoms. The lowest BCUT2D eigenvalue weighted by Crippen LogP contribution is -2.53. The van der Waals surface area contributed by atoms with Crippen molar-refractivity contribution >= 4 is 40.9 Å². The van der Waals surface area contributed by atoms with E-state index in [1.165, 1.54) is 0 Å². The van der Waals surface area contributed by atoms with Gasteiger partial charge in [-0.1, -0.05) is 48.0 Å². The number of hydrogen-bond acceptors (Lipinski definition) is 5. The minimum absolute atomic E-state index is 0.00793. The van der Waals surface area contributed by atoms with E-state index >= 15 is 0 Å². The molecule has 0 aliphatic carbocycles. The maximum absolute atomic E-state index is 13.7. The molecule has 3 heterocycles. The molecule has 8 nitrogen and oxygen atoms in total. The first-order chi connectivity index (χ1) is 15.3. The summed E-state index contributed by atoms with van der Waals surface area (Å²) in [4.78, 5) is 53.4. The van der Waals surface area contributed by atoms with Crippen LogP contribution in [0.4, 0.5) is 5.69 Å². The third-order valence-electron chi connectivity index (χ3n) is 6.76. The summed E-state index contributed by atoms with van der Waals surface area (Å²) in [5, 5.41) is 6.49. The molecule has 164 valence electrons. The number of aryl methyl sites for hydroxylation is 1. The minimum atomic E-state index is -1.45. The summed E-state index contributed by atoms with van der Waals surface area (Å²) in [7, 11) is 0. The van der Waals surface area contributed by atoms with Crippen LogP contribution in [0.25, 0.3) is 0 Å². The molecule has 2 fully saturated rings. The Morgan fingerprint density at radius 1 is 1.12 bits per heavy atom. The molecule has 0 unspecified atom stereocenters. The summed E-state index contributed by atoms with van der Waals surface area (Å²) in [6.45, 7) is 1.85. The number of anilines is 1. The third-order valence-corrected chi connectivity index (χ3v) is 7.13. The number of carbonyl (C=O) groups excluding carboxylic acids is 4. The zero-order chi connectivity index (χ0) is 22.8. The number of hydrogen-bond donors (Lipinski definition) is 3. The molecule has 0 aromatic heterocycles. The smallest absolute Gasteiger partial charge is 0.250 e. The molecule has 0 bridgehead atoms. The highest BCUT2D eigenvalue weighted by molar-refractivity contribution is 6.31. The summed E-state index contributed by atoms with van der Waals surface area (Å²) in [5.41, 5.74) is 6.68. The van der Waals surface area contributed by atoms with Crippen LogP contribution >= 0.6 is 11.6 Å². The number of imide groups is 1. The third kappa shape index (κ3) is 2.73. The molecule has 4 N–H and O–H groups in total. The highest BCUT2D eigenvalue weighted by atomic mass is 35.5. The molecule has 32 heavy (non-hydrogen) atoms. The van der Waals surface area contributed by atoms with E-state index in [2.05, 4.69) is 10.6 Å². The SMILES string of the molecule is Cc1cccc2c1NC(=O)[C@]21N[C@H](CC(N)=O)[C@H]2C(=O)N(Cc3ccccc3Cl)C(=O)[C@H]21. The second kappa shape index (κ2) is 7.15. The van der Waals surface area contributed by atoms with Crippen molar-refractivity contribution in [1.82, 2.24) is 10.2 Å². The van der Waals surface area contributed by atoms with Crippen molar-refractivity contribution in [2.45, 2.75) is 31.5 Å². The van der Waals surface area contributed by atoms with Gasteiger partial charge >= 0.3 is 0 Å². The Morgan fingerprint density at radius 2 is 1.88 bits per heavy atom. The van der Waals surface area contributed by atoms with Crippen LogP contribution in [0.1, 0.15) is 23.1 Å². The van der Waals surface area contributed by atoms with Crippen LogP contribution in [-0.2, 0) is 31.3 Å². The Kier molecular flexibility index (Phi) is 4.61. The zero-order valence-electron chi connectivity index (χ0n) is 17.2. The van der Waals surface area contributed by atoms with Crippen molar-refractivity contribution in [1.29, 1.82) is 0 Å². The van der Waals surface area contributed by atoms with Crippen molar-refractivity contribution < 1.29 is 19.2 Å². The fourth-order valence-corrected chi connectivity index (χ4v) is 5.58. The van der Waals surface area contributed by atoms with E-state index in [0.717, 1.165) is 10.5 Å². The normalized spacial score (nSPS) is 28.2. The van der Waals surface area contributed by atoms with Gasteiger partial charge < -0.3 is 11.1 Å². The van der Waals surface area contributed by atoms with Gasteiger partial charge in [0.15, 0.2) is 0 Å². The Morgan fingerprint density at radius 3 is 2.59 bits per heavy atom. The lowest BCUT2D eigenvalue weighted by atomic mass is 9.76. The molecule has 4 amide bonds. The van der Waals surface area contributed by atoms with Gasteiger partial charge in [0.2, 0.25) is 23.6 Å². The van der Waals surface area contributed by atoms with Crippen LogP contribution in [0.15, 0.2) is 42.5 Å². The number of para-hydroxylation sites is 1. The molecule has 2 saturated heterocycles. The monoisotopic (exact) mass is 452 g/mol. The summed E-state index contributed by atoms with van der Waals surface area (Å²) < 4.78 is 0. The summed E-state index contributed by atoms with van der Waals surface area (Å²) >= 11 is 6.26. The number of nitrogens with zero attached hydrogens (tertiary/aromatic N) is 1. The number of rotatable bonds is 4. The van der Waals surface area contributed by atoms with Crippen LogP contribution in [-0.4, -0.2) is 34.6 Å². The van der Waals surface area contributed by atoms with Gasteiger partial charge in [-0.3, -0.25) is 29.4 Å². The van der Waals surface area contributed by atoms with Crippen LogP contribution in [0.5, 0.6) is 0 Å². The molecule has 4 atom stereocenters. The lowest BCUT2D eigenvalue weighted by Gasteiger charge is -2.29. The fourth-order valence-electron chi connectivity index (χ4n) is 5.38. The molecule has 1 spiro atoms. The summed E-state index contributed by atoms with van der Waals surface area (Å²) in [6.07, 6.45) is -0.170. The Bertz CT molecular complexity index is 1200. The predicted molar refractivity (Wildman–Crippen MR) is 116 cm³/mol. The number of benzene rings is 2. The standard InChI is InChI=1S/C23H21ClN4O4/c1-11-5-4-7-13-19(11)26-22(32)23(13)18-17(15(27-23)9-16(25)29)20(30)28(21(18)31)10-12-6-2-3-8-14(12)24/h2-8,15,17-18,27H,9-10H2,1H3,(H2,25,29)(H,26,32)/t15-,17-,18+,23+/m1/s1. The van der Waals surface area contributed by atoms with E-state index in [9.17, 15) is 19.2 Å². The van der Waals surface area contributed by atoms with Gasteiger partial charge in [-0.05, 0) is 24.1 Å². The molecule has 0 radical (unpaired) electrons. The molecular formula is C23H21ClN4O4. The molecule has 5 rings (SSSR count). The van der Waals surface area contributed by atoms with E-state index in [4.69, 9.17) is 17.3 Å². The van der Waals surface area contributed by atoms with Gasteiger partial charge in [0.05, 0.1) is 18.4 Å². The Hall–Kier alpha value is -3.23.